The van der Waals surface area contributed by atoms with Crippen LogP contribution in [-0.2, 0) is 9.53 Å². The predicted octanol–water partition coefficient (Wildman–Crippen LogP) is 0.794. The standard InChI is InChI=1S/C8H13F2NO2/c1-7(6(12)13-2)3-8(9,10)5-11-4-7/h11H,3-5H2,1-2H3. The van der Waals surface area contributed by atoms with Gasteiger partial charge in [-0.3, -0.25) is 4.79 Å². The number of hydrogen-bond acceptors (Lipinski definition) is 3. The number of methoxy groups -OCH3 is 1. The van der Waals surface area contributed by atoms with E-state index in [9.17, 15) is 13.6 Å². The third-order valence-electron chi connectivity index (χ3n) is 2.23. The van der Waals surface area contributed by atoms with Crippen molar-refractivity contribution in [3.05, 3.63) is 0 Å². The molecular formula is C8H13F2NO2. The number of halogens is 2. The molecule has 0 spiro atoms. The van der Waals surface area contributed by atoms with Crippen LogP contribution in [0.15, 0.2) is 0 Å². The lowest BCUT2D eigenvalue weighted by atomic mass is 9.81. The summed E-state index contributed by atoms with van der Waals surface area (Å²) >= 11 is 0. The normalized spacial score (nSPS) is 32.6. The van der Waals surface area contributed by atoms with E-state index in [2.05, 4.69) is 10.1 Å². The molecular weight excluding hydrogens is 180 g/mol. The van der Waals surface area contributed by atoms with E-state index in [0.717, 1.165) is 0 Å². The average molecular weight is 193 g/mol. The van der Waals surface area contributed by atoms with Crippen molar-refractivity contribution in [3.63, 3.8) is 0 Å². The van der Waals surface area contributed by atoms with Crippen LogP contribution >= 0.6 is 0 Å². The van der Waals surface area contributed by atoms with Crippen LogP contribution in [0.3, 0.4) is 0 Å². The van der Waals surface area contributed by atoms with E-state index < -0.39 is 23.7 Å². The molecule has 0 bridgehead atoms. The van der Waals surface area contributed by atoms with Gasteiger partial charge in [-0.1, -0.05) is 0 Å². The molecule has 1 atom stereocenters. The first kappa shape index (κ1) is 10.4. The second kappa shape index (κ2) is 3.21. The molecule has 0 aliphatic carbocycles. The topological polar surface area (TPSA) is 38.3 Å². The molecule has 3 nitrogen and oxygen atoms in total. The minimum atomic E-state index is -2.82. The van der Waals surface area contributed by atoms with Crippen LogP contribution in [0, 0.1) is 5.41 Å². The molecule has 13 heavy (non-hydrogen) atoms. The van der Waals surface area contributed by atoms with Crippen LogP contribution in [0.25, 0.3) is 0 Å². The summed E-state index contributed by atoms with van der Waals surface area (Å²) in [6.07, 6.45) is -0.445. The lowest BCUT2D eigenvalue weighted by molar-refractivity contribution is -0.161. The van der Waals surface area contributed by atoms with Gasteiger partial charge in [0.15, 0.2) is 0 Å². The van der Waals surface area contributed by atoms with Crippen LogP contribution in [0.5, 0.6) is 0 Å². The largest absolute Gasteiger partial charge is 0.469 e. The Morgan fingerprint density at radius 2 is 2.08 bits per heavy atom. The number of ether oxygens (including phenoxy) is 1. The van der Waals surface area contributed by atoms with Crippen molar-refractivity contribution < 1.29 is 18.3 Å². The molecule has 1 aliphatic heterocycles. The predicted molar refractivity (Wildman–Crippen MR) is 42.6 cm³/mol. The van der Waals surface area contributed by atoms with Gasteiger partial charge in [-0.15, -0.1) is 0 Å². The van der Waals surface area contributed by atoms with Crippen LogP contribution in [0.1, 0.15) is 13.3 Å². The SMILES string of the molecule is COC(=O)C1(C)CNCC(F)(F)C1. The van der Waals surface area contributed by atoms with Crippen LogP contribution in [-0.4, -0.2) is 32.1 Å². The molecule has 0 aromatic rings. The maximum atomic E-state index is 12.9. The number of piperidine rings is 1. The monoisotopic (exact) mass is 193 g/mol. The van der Waals surface area contributed by atoms with E-state index in [1.54, 1.807) is 0 Å². The number of hydrogen-bond donors (Lipinski definition) is 1. The molecule has 1 rings (SSSR count). The molecule has 0 saturated carbocycles. The van der Waals surface area contributed by atoms with Crippen LogP contribution < -0.4 is 5.32 Å². The zero-order valence-corrected chi connectivity index (χ0v) is 7.69. The van der Waals surface area contributed by atoms with Gasteiger partial charge >= 0.3 is 5.97 Å². The number of esters is 1. The second-order valence-electron chi connectivity index (χ2n) is 3.69. The van der Waals surface area contributed by atoms with Crippen molar-refractivity contribution >= 4 is 5.97 Å². The summed E-state index contributed by atoms with van der Waals surface area (Å²) in [7, 11) is 1.21. The zero-order valence-electron chi connectivity index (χ0n) is 7.69. The minimum Gasteiger partial charge on any atom is -0.469 e. The number of carbonyl (C=O) groups is 1. The van der Waals surface area contributed by atoms with Crippen molar-refractivity contribution in [2.24, 2.45) is 5.41 Å². The Hall–Kier alpha value is -0.710. The van der Waals surface area contributed by atoms with Crippen molar-refractivity contribution in [2.45, 2.75) is 19.3 Å². The molecule has 1 heterocycles. The molecule has 1 saturated heterocycles. The van der Waals surface area contributed by atoms with Gasteiger partial charge in [-0.05, 0) is 6.92 Å². The summed E-state index contributed by atoms with van der Waals surface area (Å²) in [5.74, 6) is -3.40. The summed E-state index contributed by atoms with van der Waals surface area (Å²) in [4.78, 5) is 11.2. The summed E-state index contributed by atoms with van der Waals surface area (Å²) in [5.41, 5.74) is -1.10. The molecule has 0 amide bonds. The van der Waals surface area contributed by atoms with Gasteiger partial charge in [0.2, 0.25) is 0 Å². The Kier molecular flexibility index (Phi) is 2.56. The van der Waals surface area contributed by atoms with Gasteiger partial charge in [-0.2, -0.15) is 0 Å². The first-order valence-electron chi connectivity index (χ1n) is 4.07. The highest BCUT2D eigenvalue weighted by Gasteiger charge is 2.48. The smallest absolute Gasteiger partial charge is 0.313 e. The number of alkyl halides is 2. The highest BCUT2D eigenvalue weighted by atomic mass is 19.3. The summed E-state index contributed by atoms with van der Waals surface area (Å²) in [6.45, 7) is 1.37. The van der Waals surface area contributed by atoms with Gasteiger partial charge in [0.1, 0.15) is 0 Å². The second-order valence-corrected chi connectivity index (χ2v) is 3.69. The van der Waals surface area contributed by atoms with Crippen LogP contribution in [0.2, 0.25) is 0 Å². The fraction of sp³-hybridized carbons (Fsp3) is 0.875. The number of rotatable bonds is 1. The molecule has 1 N–H and O–H groups in total. The van der Waals surface area contributed by atoms with Crippen LogP contribution in [0.4, 0.5) is 8.78 Å². The van der Waals surface area contributed by atoms with Gasteiger partial charge in [0.05, 0.1) is 19.1 Å². The molecule has 1 fully saturated rings. The summed E-state index contributed by atoms with van der Waals surface area (Å²) in [5, 5.41) is 2.53. The molecule has 76 valence electrons. The van der Waals surface area contributed by atoms with Gasteiger partial charge in [0, 0.05) is 13.0 Å². The zero-order chi connectivity index (χ0) is 10.1. The molecule has 5 heteroatoms. The van der Waals surface area contributed by atoms with Crippen molar-refractivity contribution in [3.8, 4) is 0 Å². The maximum Gasteiger partial charge on any atom is 0.313 e. The third-order valence-corrected chi connectivity index (χ3v) is 2.23. The van der Waals surface area contributed by atoms with Gasteiger partial charge in [0.25, 0.3) is 5.92 Å². The highest BCUT2D eigenvalue weighted by Crippen LogP contribution is 2.35. The Labute approximate surface area is 75.4 Å². The van der Waals surface area contributed by atoms with E-state index in [1.165, 1.54) is 14.0 Å². The van der Waals surface area contributed by atoms with Crippen molar-refractivity contribution in [2.75, 3.05) is 20.2 Å². The number of nitrogens with one attached hydrogen (secondary N) is 1. The van der Waals surface area contributed by atoms with Gasteiger partial charge < -0.3 is 10.1 Å². The Morgan fingerprint density at radius 1 is 1.46 bits per heavy atom. The first-order chi connectivity index (χ1) is 5.90. The van der Waals surface area contributed by atoms with Crippen molar-refractivity contribution in [1.29, 1.82) is 0 Å². The summed E-state index contributed by atoms with van der Waals surface area (Å²) in [6, 6.07) is 0. The molecule has 0 aromatic heterocycles. The van der Waals surface area contributed by atoms with Gasteiger partial charge in [-0.25, -0.2) is 8.78 Å². The third kappa shape index (κ3) is 2.15. The molecule has 0 radical (unpaired) electrons. The average Bonchev–Trinajstić information content (AvgIpc) is 2.00. The highest BCUT2D eigenvalue weighted by molar-refractivity contribution is 5.76. The van der Waals surface area contributed by atoms with E-state index in [-0.39, 0.29) is 13.1 Å². The fourth-order valence-electron chi connectivity index (χ4n) is 1.61. The minimum absolute atomic E-state index is 0.245. The Morgan fingerprint density at radius 3 is 2.54 bits per heavy atom. The lowest BCUT2D eigenvalue weighted by Crippen LogP contribution is -2.52. The van der Waals surface area contributed by atoms with Crippen molar-refractivity contribution in [1.82, 2.24) is 5.32 Å². The molecule has 1 aliphatic rings. The Bertz CT molecular complexity index is 220. The number of carbonyl (C=O) groups excluding carboxylic acids is 1. The fourth-order valence-corrected chi connectivity index (χ4v) is 1.61. The molecule has 1 unspecified atom stereocenters. The molecule has 0 aromatic carbocycles. The lowest BCUT2D eigenvalue weighted by Gasteiger charge is -2.35. The van der Waals surface area contributed by atoms with E-state index in [1.807, 2.05) is 0 Å². The Balaban J connectivity index is 2.74. The first-order valence-corrected chi connectivity index (χ1v) is 4.07. The van der Waals surface area contributed by atoms with E-state index in [4.69, 9.17) is 0 Å². The van der Waals surface area contributed by atoms with E-state index >= 15 is 0 Å². The van der Waals surface area contributed by atoms with E-state index in [0.29, 0.717) is 0 Å². The maximum absolute atomic E-state index is 12.9. The quantitative estimate of drug-likeness (QED) is 0.626. The summed E-state index contributed by atoms with van der Waals surface area (Å²) < 4.78 is 30.3.